The zero-order valence-electron chi connectivity index (χ0n) is 13.9. The lowest BCUT2D eigenvalue weighted by Gasteiger charge is -2.28. The van der Waals surface area contributed by atoms with Crippen LogP contribution in [0.3, 0.4) is 0 Å². The van der Waals surface area contributed by atoms with Crippen molar-refractivity contribution in [2.45, 2.75) is 38.4 Å². The summed E-state index contributed by atoms with van der Waals surface area (Å²) in [6.07, 6.45) is 3.10. The second-order valence-electron chi connectivity index (χ2n) is 6.50. The second kappa shape index (κ2) is 7.43. The van der Waals surface area contributed by atoms with Gasteiger partial charge in [-0.2, -0.15) is 0 Å². The Morgan fingerprint density at radius 3 is 2.96 bits per heavy atom. The molecule has 0 fully saturated rings. The summed E-state index contributed by atoms with van der Waals surface area (Å²) in [6.45, 7) is 2.62. The Morgan fingerprint density at radius 2 is 2.22 bits per heavy atom. The normalized spacial score (nSPS) is 17.4. The minimum Gasteiger partial charge on any atom is -0.311 e. The van der Waals surface area contributed by atoms with Gasteiger partial charge in [-0.15, -0.1) is 11.3 Å². The summed E-state index contributed by atoms with van der Waals surface area (Å²) in [5.41, 5.74) is 2.71. The van der Waals surface area contributed by atoms with E-state index in [9.17, 15) is 4.79 Å². The highest BCUT2D eigenvalue weighted by Crippen LogP contribution is 2.21. The third-order valence-electron chi connectivity index (χ3n) is 4.50. The van der Waals surface area contributed by atoms with Crippen molar-refractivity contribution in [2.24, 2.45) is 0 Å². The van der Waals surface area contributed by atoms with Crippen LogP contribution in [-0.4, -0.2) is 36.1 Å². The Labute approximate surface area is 141 Å². The first kappa shape index (κ1) is 16.4. The summed E-state index contributed by atoms with van der Waals surface area (Å²) < 4.78 is 1.98. The molecular weight excluding hydrogens is 306 g/mol. The van der Waals surface area contributed by atoms with Gasteiger partial charge in [0.2, 0.25) is 0 Å². The van der Waals surface area contributed by atoms with Crippen LogP contribution in [0.5, 0.6) is 0 Å². The van der Waals surface area contributed by atoms with Gasteiger partial charge in [0.15, 0.2) is 0 Å². The lowest BCUT2D eigenvalue weighted by molar-refractivity contribution is 0.370. The number of thiophene rings is 1. The van der Waals surface area contributed by atoms with Crippen molar-refractivity contribution >= 4 is 11.3 Å². The van der Waals surface area contributed by atoms with Crippen molar-refractivity contribution in [1.82, 2.24) is 14.8 Å². The number of rotatable bonds is 6. The van der Waals surface area contributed by atoms with Crippen LogP contribution < -0.4 is 10.9 Å². The third-order valence-corrected chi connectivity index (χ3v) is 5.38. The van der Waals surface area contributed by atoms with Crippen LogP contribution in [0, 0.1) is 0 Å². The van der Waals surface area contributed by atoms with Gasteiger partial charge in [0.05, 0.1) is 0 Å². The number of hydrogen-bond donors (Lipinski definition) is 1. The molecule has 0 amide bonds. The van der Waals surface area contributed by atoms with E-state index < -0.39 is 0 Å². The Kier molecular flexibility index (Phi) is 5.30. The van der Waals surface area contributed by atoms with Crippen LogP contribution in [0.25, 0.3) is 0 Å². The van der Waals surface area contributed by atoms with Gasteiger partial charge in [-0.3, -0.25) is 4.79 Å². The van der Waals surface area contributed by atoms with Gasteiger partial charge in [-0.05, 0) is 50.4 Å². The molecule has 0 bridgehead atoms. The average Bonchev–Trinajstić information content (AvgIpc) is 3.05. The van der Waals surface area contributed by atoms with Crippen LogP contribution in [0.15, 0.2) is 34.4 Å². The fraction of sp³-hybridized carbons (Fsp3) is 0.500. The number of pyridine rings is 1. The smallest absolute Gasteiger partial charge is 0.250 e. The lowest BCUT2D eigenvalue weighted by Crippen LogP contribution is -2.37. The minimum atomic E-state index is 0.135. The Balaban J connectivity index is 1.68. The minimum absolute atomic E-state index is 0.135. The molecule has 23 heavy (non-hydrogen) atoms. The van der Waals surface area contributed by atoms with E-state index in [0.717, 1.165) is 38.9 Å². The molecule has 0 radical (unpaired) electrons. The van der Waals surface area contributed by atoms with Crippen molar-refractivity contribution in [3.8, 4) is 0 Å². The molecule has 5 heteroatoms. The molecule has 3 rings (SSSR count). The van der Waals surface area contributed by atoms with Gasteiger partial charge < -0.3 is 14.8 Å². The van der Waals surface area contributed by atoms with Crippen LogP contribution in [0.1, 0.15) is 22.6 Å². The second-order valence-corrected chi connectivity index (χ2v) is 7.53. The molecule has 124 valence electrons. The van der Waals surface area contributed by atoms with Gasteiger partial charge in [-0.1, -0.05) is 12.1 Å². The maximum atomic E-state index is 12.2. The topological polar surface area (TPSA) is 37.3 Å². The van der Waals surface area contributed by atoms with Crippen LogP contribution in [-0.2, 0) is 25.9 Å². The van der Waals surface area contributed by atoms with Crippen molar-refractivity contribution < 1.29 is 0 Å². The number of hydrogen-bond acceptors (Lipinski definition) is 4. The Bertz CT molecular complexity index is 691. The summed E-state index contributed by atoms with van der Waals surface area (Å²) in [5.74, 6) is 0. The highest BCUT2D eigenvalue weighted by atomic mass is 32.1. The first-order valence-corrected chi connectivity index (χ1v) is 9.13. The van der Waals surface area contributed by atoms with E-state index in [4.69, 9.17) is 0 Å². The number of nitrogens with zero attached hydrogens (tertiary/aromatic N) is 2. The highest BCUT2D eigenvalue weighted by molar-refractivity contribution is 7.09. The number of likely N-dealkylation sites (N-methyl/N-ethyl adjacent to an activating group) is 1. The molecular formula is C18H25N3OS. The van der Waals surface area contributed by atoms with E-state index in [2.05, 4.69) is 27.7 Å². The number of aromatic nitrogens is 1. The number of nitrogens with one attached hydrogen (secondary N) is 1. The molecule has 1 aliphatic carbocycles. The Hall–Kier alpha value is -1.43. The lowest BCUT2D eigenvalue weighted by atomic mass is 9.91. The SMILES string of the molecule is CN(C)CCn1c2c(ccc1=O)C[C@H](NCc1cccs1)CC2. The predicted octanol–water partition coefficient (Wildman–Crippen LogP) is 2.12. The van der Waals surface area contributed by atoms with Crippen molar-refractivity contribution in [1.29, 1.82) is 0 Å². The standard InChI is InChI=1S/C18H25N3OS/c1-20(2)9-10-21-17-7-6-15(12-14(17)5-8-18(21)22)19-13-16-4-3-11-23-16/h3-5,8,11,15,19H,6-7,9-10,12-13H2,1-2H3/t15-/m1/s1. The van der Waals surface area contributed by atoms with Gasteiger partial charge in [0.1, 0.15) is 0 Å². The van der Waals surface area contributed by atoms with Crippen LogP contribution >= 0.6 is 11.3 Å². The highest BCUT2D eigenvalue weighted by Gasteiger charge is 2.21. The fourth-order valence-corrected chi connectivity index (χ4v) is 3.86. The quantitative estimate of drug-likeness (QED) is 0.881. The molecule has 0 saturated heterocycles. The van der Waals surface area contributed by atoms with Crippen molar-refractivity contribution in [3.63, 3.8) is 0 Å². The summed E-state index contributed by atoms with van der Waals surface area (Å²) in [4.78, 5) is 15.7. The first-order chi connectivity index (χ1) is 11.1. The van der Waals surface area contributed by atoms with Crippen LogP contribution in [0.2, 0.25) is 0 Å². The predicted molar refractivity (Wildman–Crippen MR) is 96.2 cm³/mol. The van der Waals surface area contributed by atoms with Gasteiger partial charge in [-0.25, -0.2) is 0 Å². The Morgan fingerprint density at radius 1 is 1.35 bits per heavy atom. The monoisotopic (exact) mass is 331 g/mol. The molecule has 0 unspecified atom stereocenters. The molecule has 2 aromatic heterocycles. The average molecular weight is 331 g/mol. The molecule has 0 spiro atoms. The summed E-state index contributed by atoms with van der Waals surface area (Å²) in [7, 11) is 4.09. The summed E-state index contributed by atoms with van der Waals surface area (Å²) >= 11 is 1.80. The van der Waals surface area contributed by atoms with E-state index >= 15 is 0 Å². The molecule has 2 aromatic rings. The molecule has 2 heterocycles. The molecule has 1 aliphatic rings. The molecule has 0 aromatic carbocycles. The molecule has 0 aliphatic heterocycles. The van der Waals surface area contributed by atoms with Gasteiger partial charge in [0, 0.05) is 42.3 Å². The molecule has 1 N–H and O–H groups in total. The van der Waals surface area contributed by atoms with E-state index in [1.807, 2.05) is 24.7 Å². The maximum absolute atomic E-state index is 12.2. The van der Waals surface area contributed by atoms with Crippen molar-refractivity contribution in [2.75, 3.05) is 20.6 Å². The van der Waals surface area contributed by atoms with Gasteiger partial charge >= 0.3 is 0 Å². The molecule has 1 atom stereocenters. The summed E-state index contributed by atoms with van der Waals surface area (Å²) in [6, 6.07) is 8.54. The summed E-state index contributed by atoms with van der Waals surface area (Å²) in [5, 5.41) is 5.79. The maximum Gasteiger partial charge on any atom is 0.250 e. The zero-order chi connectivity index (χ0) is 16.2. The third kappa shape index (κ3) is 4.10. The largest absolute Gasteiger partial charge is 0.311 e. The van der Waals surface area contributed by atoms with Gasteiger partial charge in [0.25, 0.3) is 5.56 Å². The van der Waals surface area contributed by atoms with E-state index in [1.54, 1.807) is 17.4 Å². The number of fused-ring (bicyclic) bond motifs is 1. The van der Waals surface area contributed by atoms with E-state index in [-0.39, 0.29) is 5.56 Å². The van der Waals surface area contributed by atoms with E-state index in [1.165, 1.54) is 16.1 Å². The van der Waals surface area contributed by atoms with E-state index in [0.29, 0.717) is 6.04 Å². The molecule has 4 nitrogen and oxygen atoms in total. The van der Waals surface area contributed by atoms with Crippen LogP contribution in [0.4, 0.5) is 0 Å². The first-order valence-electron chi connectivity index (χ1n) is 8.25. The zero-order valence-corrected chi connectivity index (χ0v) is 14.7. The fourth-order valence-electron chi connectivity index (χ4n) is 3.20. The molecule has 0 saturated carbocycles. The van der Waals surface area contributed by atoms with Crippen molar-refractivity contribution in [3.05, 3.63) is 56.1 Å².